The summed E-state index contributed by atoms with van der Waals surface area (Å²) in [6.07, 6.45) is 0.244. The number of piperidine rings is 1. The van der Waals surface area contributed by atoms with Crippen molar-refractivity contribution in [1.29, 1.82) is 0 Å². The van der Waals surface area contributed by atoms with E-state index in [1.165, 1.54) is 10.4 Å². The second-order valence-corrected chi connectivity index (χ2v) is 6.23. The summed E-state index contributed by atoms with van der Waals surface area (Å²) in [5.41, 5.74) is 5.69. The summed E-state index contributed by atoms with van der Waals surface area (Å²) in [6, 6.07) is 3.48. The average molecular weight is 274 g/mol. The van der Waals surface area contributed by atoms with Gasteiger partial charge in [0.1, 0.15) is 10.7 Å². The highest BCUT2D eigenvalue weighted by Crippen LogP contribution is 2.24. The van der Waals surface area contributed by atoms with Crippen molar-refractivity contribution in [3.63, 3.8) is 0 Å². The van der Waals surface area contributed by atoms with Crippen molar-refractivity contribution in [3.05, 3.63) is 24.0 Å². The molecule has 1 aliphatic rings. The lowest BCUT2D eigenvalue weighted by Gasteiger charge is -2.28. The Hall–Kier alpha value is -1.18. The van der Waals surface area contributed by atoms with Crippen LogP contribution in [0.2, 0.25) is 0 Å². The zero-order valence-corrected chi connectivity index (χ0v) is 10.5. The van der Waals surface area contributed by atoms with E-state index in [0.717, 1.165) is 12.1 Å². The van der Waals surface area contributed by atoms with Crippen LogP contribution < -0.4 is 5.73 Å². The number of rotatable bonds is 2. The van der Waals surface area contributed by atoms with Gasteiger partial charge in [-0.3, -0.25) is 0 Å². The van der Waals surface area contributed by atoms with Gasteiger partial charge in [0.25, 0.3) is 0 Å². The maximum atomic E-state index is 13.6. The van der Waals surface area contributed by atoms with E-state index in [2.05, 4.69) is 0 Å². The molecule has 2 rings (SSSR count). The molecule has 1 aromatic carbocycles. The van der Waals surface area contributed by atoms with Gasteiger partial charge >= 0.3 is 0 Å². The van der Waals surface area contributed by atoms with Crippen molar-refractivity contribution in [2.45, 2.75) is 23.8 Å². The highest BCUT2D eigenvalue weighted by atomic mass is 32.2. The first-order valence-corrected chi connectivity index (χ1v) is 7.08. The van der Waals surface area contributed by atoms with Crippen LogP contribution in [0.5, 0.6) is 0 Å². The Labute approximate surface area is 105 Å². The van der Waals surface area contributed by atoms with E-state index < -0.39 is 26.8 Å². The number of halogens is 1. The summed E-state index contributed by atoms with van der Waals surface area (Å²) in [5, 5.41) is 9.35. The monoisotopic (exact) mass is 274 g/mol. The smallest absolute Gasteiger partial charge is 0.246 e. The molecule has 0 aliphatic carbocycles. The van der Waals surface area contributed by atoms with Crippen LogP contribution in [0.15, 0.2) is 23.1 Å². The van der Waals surface area contributed by atoms with Gasteiger partial charge in [-0.05, 0) is 31.0 Å². The minimum Gasteiger partial charge on any atom is -0.399 e. The van der Waals surface area contributed by atoms with E-state index in [4.69, 9.17) is 5.73 Å². The molecule has 1 aromatic rings. The summed E-state index contributed by atoms with van der Waals surface area (Å²) in [4.78, 5) is -0.404. The summed E-state index contributed by atoms with van der Waals surface area (Å²) in [7, 11) is -3.87. The van der Waals surface area contributed by atoms with Gasteiger partial charge in [0.2, 0.25) is 10.0 Å². The van der Waals surface area contributed by atoms with Gasteiger partial charge in [-0.25, -0.2) is 12.8 Å². The Morgan fingerprint density at radius 1 is 1.33 bits per heavy atom. The largest absolute Gasteiger partial charge is 0.399 e. The van der Waals surface area contributed by atoms with Crippen LogP contribution in [0.1, 0.15) is 12.8 Å². The number of aliphatic hydroxyl groups is 1. The fourth-order valence-electron chi connectivity index (χ4n) is 1.94. The van der Waals surface area contributed by atoms with Gasteiger partial charge in [0, 0.05) is 18.8 Å². The summed E-state index contributed by atoms with van der Waals surface area (Å²) < 4.78 is 39.2. The Kier molecular flexibility index (Phi) is 3.56. The number of nitrogens with zero attached hydrogens (tertiary/aromatic N) is 1. The predicted octanol–water partition coefficient (Wildman–Crippen LogP) is 0.553. The number of hydrogen-bond acceptors (Lipinski definition) is 4. The molecule has 0 bridgehead atoms. The van der Waals surface area contributed by atoms with Crippen molar-refractivity contribution in [3.8, 4) is 0 Å². The van der Waals surface area contributed by atoms with E-state index in [9.17, 15) is 17.9 Å². The summed E-state index contributed by atoms with van der Waals surface area (Å²) >= 11 is 0. The SMILES string of the molecule is Nc1ccc(F)c(S(=O)(=O)N2CCC(O)CC2)c1. The van der Waals surface area contributed by atoms with Gasteiger partial charge < -0.3 is 10.8 Å². The fraction of sp³-hybridized carbons (Fsp3) is 0.455. The van der Waals surface area contributed by atoms with Crippen LogP contribution in [-0.4, -0.2) is 37.0 Å². The van der Waals surface area contributed by atoms with Gasteiger partial charge in [-0.2, -0.15) is 4.31 Å². The third-order valence-electron chi connectivity index (χ3n) is 3.00. The molecule has 0 amide bonds. The Bertz CT molecular complexity index is 539. The number of nitrogens with two attached hydrogens (primary N) is 1. The molecular weight excluding hydrogens is 259 g/mol. The van der Waals surface area contributed by atoms with Crippen LogP contribution in [0.4, 0.5) is 10.1 Å². The van der Waals surface area contributed by atoms with Crippen LogP contribution in [0.3, 0.4) is 0 Å². The van der Waals surface area contributed by atoms with Gasteiger partial charge in [0.15, 0.2) is 0 Å². The minimum absolute atomic E-state index is 0.192. The van der Waals surface area contributed by atoms with Crippen molar-refractivity contribution in [1.82, 2.24) is 4.31 Å². The molecule has 5 nitrogen and oxygen atoms in total. The average Bonchev–Trinajstić information content (AvgIpc) is 2.32. The Balaban J connectivity index is 2.33. The first-order valence-electron chi connectivity index (χ1n) is 5.64. The number of hydrogen-bond donors (Lipinski definition) is 2. The molecule has 3 N–H and O–H groups in total. The molecule has 0 atom stereocenters. The van der Waals surface area contributed by atoms with Crippen LogP contribution >= 0.6 is 0 Å². The van der Waals surface area contributed by atoms with E-state index in [-0.39, 0.29) is 18.8 Å². The fourth-order valence-corrected chi connectivity index (χ4v) is 3.51. The van der Waals surface area contributed by atoms with Crippen molar-refractivity contribution in [2.24, 2.45) is 0 Å². The minimum atomic E-state index is -3.87. The van der Waals surface area contributed by atoms with Crippen molar-refractivity contribution in [2.75, 3.05) is 18.8 Å². The molecule has 100 valence electrons. The summed E-state index contributed by atoms with van der Waals surface area (Å²) in [6.45, 7) is 0.384. The molecule has 0 spiro atoms. The van der Waals surface area contributed by atoms with E-state index >= 15 is 0 Å². The maximum absolute atomic E-state index is 13.6. The van der Waals surface area contributed by atoms with Gasteiger partial charge in [-0.15, -0.1) is 0 Å². The maximum Gasteiger partial charge on any atom is 0.246 e. The standard InChI is InChI=1S/C11H15FN2O3S/c12-10-2-1-8(13)7-11(10)18(16,17)14-5-3-9(15)4-6-14/h1-2,7,9,15H,3-6,13H2. The molecule has 1 saturated heterocycles. The molecule has 18 heavy (non-hydrogen) atoms. The second-order valence-electron chi connectivity index (χ2n) is 4.33. The second kappa shape index (κ2) is 4.83. The topological polar surface area (TPSA) is 83.6 Å². The molecule has 0 unspecified atom stereocenters. The number of benzene rings is 1. The number of sulfonamides is 1. The molecule has 0 aromatic heterocycles. The molecule has 1 fully saturated rings. The van der Waals surface area contributed by atoms with E-state index in [1.54, 1.807) is 0 Å². The van der Waals surface area contributed by atoms with Crippen molar-refractivity contribution >= 4 is 15.7 Å². The third kappa shape index (κ3) is 2.47. The lowest BCUT2D eigenvalue weighted by molar-refractivity contribution is 0.113. The van der Waals surface area contributed by atoms with Crippen LogP contribution in [-0.2, 0) is 10.0 Å². The third-order valence-corrected chi connectivity index (χ3v) is 4.91. The number of anilines is 1. The Morgan fingerprint density at radius 3 is 2.56 bits per heavy atom. The molecular formula is C11H15FN2O3S. The molecule has 0 saturated carbocycles. The predicted molar refractivity (Wildman–Crippen MR) is 64.8 cm³/mol. The normalized spacial score (nSPS) is 19.0. The molecule has 7 heteroatoms. The first kappa shape index (κ1) is 13.3. The molecule has 1 heterocycles. The van der Waals surface area contributed by atoms with Gasteiger partial charge in [-0.1, -0.05) is 0 Å². The zero-order valence-electron chi connectivity index (χ0n) is 9.71. The van der Waals surface area contributed by atoms with Gasteiger partial charge in [0.05, 0.1) is 6.10 Å². The van der Waals surface area contributed by atoms with E-state index in [0.29, 0.717) is 12.8 Å². The Morgan fingerprint density at radius 2 is 1.94 bits per heavy atom. The molecule has 0 radical (unpaired) electrons. The zero-order chi connectivity index (χ0) is 13.3. The molecule has 1 aliphatic heterocycles. The highest BCUT2D eigenvalue weighted by molar-refractivity contribution is 7.89. The first-order chi connectivity index (χ1) is 8.41. The number of nitrogen functional groups attached to an aromatic ring is 1. The van der Waals surface area contributed by atoms with E-state index in [1.807, 2.05) is 0 Å². The lowest BCUT2D eigenvalue weighted by Crippen LogP contribution is -2.40. The number of aliphatic hydroxyl groups excluding tert-OH is 1. The van der Waals surface area contributed by atoms with Crippen LogP contribution in [0.25, 0.3) is 0 Å². The lowest BCUT2D eigenvalue weighted by atomic mass is 10.1. The quantitative estimate of drug-likeness (QED) is 0.772. The van der Waals surface area contributed by atoms with Crippen LogP contribution in [0, 0.1) is 5.82 Å². The van der Waals surface area contributed by atoms with Crippen molar-refractivity contribution < 1.29 is 17.9 Å². The summed E-state index contributed by atoms with van der Waals surface area (Å²) in [5.74, 6) is -0.810. The highest BCUT2D eigenvalue weighted by Gasteiger charge is 2.30.